The molecule has 0 aliphatic carbocycles. The van der Waals surface area contributed by atoms with Gasteiger partial charge in [0.1, 0.15) is 11.5 Å². The number of ether oxygens (including phenoxy) is 2. The van der Waals surface area contributed by atoms with Gasteiger partial charge in [-0.1, -0.05) is 42.5 Å². The van der Waals surface area contributed by atoms with Gasteiger partial charge < -0.3 is 9.47 Å². The van der Waals surface area contributed by atoms with Crippen LogP contribution in [0.1, 0.15) is 5.56 Å². The molecular weight excluding hydrogens is 414 g/mol. The smallest absolute Gasteiger partial charge is 0.276 e. The summed E-state index contributed by atoms with van der Waals surface area (Å²) in [5.74, 6) is 0.425. The van der Waals surface area contributed by atoms with Gasteiger partial charge in [-0.2, -0.15) is 0 Å². The Morgan fingerprint density at radius 3 is 2.39 bits per heavy atom. The summed E-state index contributed by atoms with van der Waals surface area (Å²) in [4.78, 5) is 23.9. The van der Waals surface area contributed by atoms with Gasteiger partial charge in [0.2, 0.25) is 5.91 Å². The van der Waals surface area contributed by atoms with Crippen LogP contribution < -0.4 is 25.6 Å². The van der Waals surface area contributed by atoms with E-state index in [0.29, 0.717) is 5.75 Å². The number of hydrogen-bond donors (Lipinski definition) is 3. The fourth-order valence-electron chi connectivity index (χ4n) is 2.64. The maximum Gasteiger partial charge on any atom is 0.276 e. The number of thiocarbonyl (C=S) groups is 1. The van der Waals surface area contributed by atoms with Gasteiger partial charge in [-0.15, -0.1) is 0 Å². The Labute approximate surface area is 185 Å². The molecule has 3 aromatic carbocycles. The zero-order chi connectivity index (χ0) is 22.1. The monoisotopic (exact) mass is 435 g/mol. The highest BCUT2D eigenvalue weighted by Crippen LogP contribution is 2.20. The first-order chi connectivity index (χ1) is 15.0. The van der Waals surface area contributed by atoms with Crippen LogP contribution in [0, 0.1) is 0 Å². The summed E-state index contributed by atoms with van der Waals surface area (Å²) in [5, 5.41) is 4.50. The van der Waals surface area contributed by atoms with Crippen molar-refractivity contribution in [1.82, 2.24) is 16.2 Å². The normalized spacial score (nSPS) is 10.5. The lowest BCUT2D eigenvalue weighted by Crippen LogP contribution is -2.49. The average molecular weight is 436 g/mol. The number of methoxy groups -OCH3 is 1. The molecule has 3 aromatic rings. The molecule has 3 rings (SSSR count). The molecule has 158 valence electrons. The van der Waals surface area contributed by atoms with Gasteiger partial charge in [0.15, 0.2) is 11.7 Å². The minimum Gasteiger partial charge on any atom is -0.497 e. The van der Waals surface area contributed by atoms with Crippen LogP contribution in [0.5, 0.6) is 11.5 Å². The highest BCUT2D eigenvalue weighted by Gasteiger charge is 2.06. The third-order valence-electron chi connectivity index (χ3n) is 4.19. The van der Waals surface area contributed by atoms with Gasteiger partial charge in [0, 0.05) is 6.08 Å². The summed E-state index contributed by atoms with van der Waals surface area (Å²) >= 11 is 4.99. The summed E-state index contributed by atoms with van der Waals surface area (Å²) in [5.41, 5.74) is 5.66. The number of hydrazine groups is 1. The Kier molecular flexibility index (Phi) is 7.56. The van der Waals surface area contributed by atoms with Crippen molar-refractivity contribution in [1.29, 1.82) is 0 Å². The summed E-state index contributed by atoms with van der Waals surface area (Å²) < 4.78 is 10.6. The van der Waals surface area contributed by atoms with Gasteiger partial charge in [0.25, 0.3) is 5.91 Å². The molecule has 2 amide bonds. The minimum atomic E-state index is -0.446. The molecule has 0 saturated carbocycles. The van der Waals surface area contributed by atoms with Gasteiger partial charge in [0.05, 0.1) is 7.11 Å². The van der Waals surface area contributed by atoms with Crippen molar-refractivity contribution < 1.29 is 19.1 Å². The molecule has 3 N–H and O–H groups in total. The van der Waals surface area contributed by atoms with E-state index in [4.69, 9.17) is 21.7 Å². The number of fused-ring (bicyclic) bond motifs is 1. The maximum absolute atomic E-state index is 11.9. The molecule has 0 saturated heterocycles. The number of amides is 2. The lowest BCUT2D eigenvalue weighted by molar-refractivity contribution is -0.123. The van der Waals surface area contributed by atoms with E-state index in [9.17, 15) is 9.59 Å². The molecule has 0 fully saturated rings. The second-order valence-corrected chi connectivity index (χ2v) is 6.80. The van der Waals surface area contributed by atoms with Crippen molar-refractivity contribution in [2.45, 2.75) is 0 Å². The first-order valence-corrected chi connectivity index (χ1v) is 9.78. The molecule has 7 nitrogen and oxygen atoms in total. The fraction of sp³-hybridized carbons (Fsp3) is 0.0870. The van der Waals surface area contributed by atoms with E-state index >= 15 is 0 Å². The molecule has 0 spiro atoms. The van der Waals surface area contributed by atoms with Crippen LogP contribution in [-0.4, -0.2) is 30.6 Å². The van der Waals surface area contributed by atoms with E-state index in [1.165, 1.54) is 6.08 Å². The number of carbonyl (C=O) groups excluding carboxylic acids is 2. The van der Waals surface area contributed by atoms with Crippen LogP contribution in [0.2, 0.25) is 0 Å². The molecule has 0 aromatic heterocycles. The van der Waals surface area contributed by atoms with Crippen LogP contribution in [0.4, 0.5) is 0 Å². The van der Waals surface area contributed by atoms with Crippen molar-refractivity contribution in [2.75, 3.05) is 13.7 Å². The average Bonchev–Trinajstić information content (AvgIpc) is 2.80. The van der Waals surface area contributed by atoms with E-state index in [1.807, 2.05) is 48.5 Å². The van der Waals surface area contributed by atoms with Crippen LogP contribution in [0.25, 0.3) is 16.8 Å². The predicted octanol–water partition coefficient (Wildman–Crippen LogP) is 2.96. The molecular formula is C23H21N3O4S. The van der Waals surface area contributed by atoms with Gasteiger partial charge >= 0.3 is 0 Å². The highest BCUT2D eigenvalue weighted by atomic mass is 32.1. The molecule has 0 radical (unpaired) electrons. The van der Waals surface area contributed by atoms with E-state index < -0.39 is 11.8 Å². The molecule has 0 atom stereocenters. The fourth-order valence-corrected chi connectivity index (χ4v) is 2.79. The number of rotatable bonds is 6. The largest absolute Gasteiger partial charge is 0.497 e. The van der Waals surface area contributed by atoms with Crippen molar-refractivity contribution in [3.63, 3.8) is 0 Å². The second-order valence-electron chi connectivity index (χ2n) is 6.40. The number of nitrogens with one attached hydrogen (secondary N) is 3. The molecule has 0 bridgehead atoms. The van der Waals surface area contributed by atoms with Crippen molar-refractivity contribution in [3.8, 4) is 11.5 Å². The SMILES string of the molecule is COc1ccc(C=CC(=O)NC(=S)NNC(=O)COc2ccc3ccccc3c2)cc1. The molecule has 8 heteroatoms. The Bertz CT molecular complexity index is 1110. The quantitative estimate of drug-likeness (QED) is 0.313. The molecule has 0 aliphatic heterocycles. The predicted molar refractivity (Wildman–Crippen MR) is 123 cm³/mol. The zero-order valence-electron chi connectivity index (χ0n) is 16.8. The van der Waals surface area contributed by atoms with Crippen LogP contribution >= 0.6 is 12.2 Å². The third kappa shape index (κ3) is 6.83. The first kappa shape index (κ1) is 21.8. The first-order valence-electron chi connectivity index (χ1n) is 9.37. The topological polar surface area (TPSA) is 88.7 Å². The molecule has 0 aliphatic rings. The van der Waals surface area contributed by atoms with Gasteiger partial charge in [-0.25, -0.2) is 0 Å². The second kappa shape index (κ2) is 10.7. The summed E-state index contributed by atoms with van der Waals surface area (Å²) in [6, 6.07) is 20.6. The summed E-state index contributed by atoms with van der Waals surface area (Å²) in [6.07, 6.45) is 2.97. The lowest BCUT2D eigenvalue weighted by atomic mass is 10.1. The third-order valence-corrected chi connectivity index (χ3v) is 4.39. The molecule has 0 heterocycles. The van der Waals surface area contributed by atoms with Crippen LogP contribution in [0.3, 0.4) is 0 Å². The standard InChI is InChI=1S/C23H21N3O4S/c1-29-19-10-6-16(7-11-19)8-13-21(27)24-23(31)26-25-22(28)15-30-20-12-9-17-4-2-3-5-18(17)14-20/h2-14H,15H2,1H3,(H,25,28)(H2,24,26,27,31). The van der Waals surface area contributed by atoms with Crippen molar-refractivity contribution in [2.24, 2.45) is 0 Å². The maximum atomic E-state index is 11.9. The number of carbonyl (C=O) groups is 2. The Balaban J connectivity index is 1.39. The van der Waals surface area contributed by atoms with Crippen LogP contribution in [-0.2, 0) is 9.59 Å². The molecule has 0 unspecified atom stereocenters. The Morgan fingerprint density at radius 2 is 1.65 bits per heavy atom. The van der Waals surface area contributed by atoms with Gasteiger partial charge in [-0.3, -0.25) is 25.8 Å². The number of hydrogen-bond acceptors (Lipinski definition) is 5. The zero-order valence-corrected chi connectivity index (χ0v) is 17.6. The minimum absolute atomic E-state index is 0.0385. The number of benzene rings is 3. The van der Waals surface area contributed by atoms with Crippen molar-refractivity contribution in [3.05, 3.63) is 78.4 Å². The Morgan fingerprint density at radius 1 is 0.935 bits per heavy atom. The van der Waals surface area contributed by atoms with E-state index in [0.717, 1.165) is 22.1 Å². The molecule has 31 heavy (non-hydrogen) atoms. The van der Waals surface area contributed by atoms with Crippen LogP contribution in [0.15, 0.2) is 72.8 Å². The summed E-state index contributed by atoms with van der Waals surface area (Å²) in [7, 11) is 1.58. The van der Waals surface area contributed by atoms with E-state index in [-0.39, 0.29) is 11.7 Å². The van der Waals surface area contributed by atoms with E-state index in [1.54, 1.807) is 31.4 Å². The summed E-state index contributed by atoms with van der Waals surface area (Å²) in [6.45, 7) is -0.209. The van der Waals surface area contributed by atoms with Crippen molar-refractivity contribution >= 4 is 46.0 Å². The van der Waals surface area contributed by atoms with E-state index in [2.05, 4.69) is 16.2 Å². The Hall–Kier alpha value is -3.91. The lowest BCUT2D eigenvalue weighted by Gasteiger charge is -2.11. The van der Waals surface area contributed by atoms with Gasteiger partial charge in [-0.05, 0) is 58.9 Å². The highest BCUT2D eigenvalue weighted by molar-refractivity contribution is 7.80.